The molecule has 1 atom stereocenters. The second kappa shape index (κ2) is 9.61. The molecule has 0 aromatic heterocycles. The number of thioether (sulfide) groups is 1. The molecule has 1 amide bonds. The molecule has 0 aliphatic carbocycles. The minimum Gasteiger partial charge on any atom is -0.379 e. The maximum absolute atomic E-state index is 13.0. The molecule has 2 aromatic rings. The van der Waals surface area contributed by atoms with Gasteiger partial charge in [0, 0.05) is 28.1 Å². The van der Waals surface area contributed by atoms with E-state index in [2.05, 4.69) is 21.2 Å². The van der Waals surface area contributed by atoms with Gasteiger partial charge in [-0.05, 0) is 55.8 Å². The summed E-state index contributed by atoms with van der Waals surface area (Å²) >= 11 is 4.84. The van der Waals surface area contributed by atoms with Crippen LogP contribution >= 0.6 is 27.7 Å². The smallest absolute Gasteiger partial charge is 0.243 e. The van der Waals surface area contributed by atoms with Gasteiger partial charge in [0.2, 0.25) is 15.9 Å². The molecule has 156 valence electrons. The fraction of sp³-hybridized carbons (Fsp3) is 0.350. The van der Waals surface area contributed by atoms with Crippen LogP contribution in [0.15, 0.2) is 56.7 Å². The molecule has 1 heterocycles. The molecule has 9 heteroatoms. The summed E-state index contributed by atoms with van der Waals surface area (Å²) < 4.78 is 33.7. The van der Waals surface area contributed by atoms with E-state index in [9.17, 15) is 13.2 Å². The van der Waals surface area contributed by atoms with Gasteiger partial charge in [-0.2, -0.15) is 4.31 Å². The van der Waals surface area contributed by atoms with Crippen molar-refractivity contribution in [2.45, 2.75) is 28.9 Å². The predicted molar refractivity (Wildman–Crippen MR) is 119 cm³/mol. The molecule has 0 saturated carbocycles. The number of anilines is 1. The van der Waals surface area contributed by atoms with E-state index in [-0.39, 0.29) is 16.1 Å². The molecule has 1 saturated heterocycles. The summed E-state index contributed by atoms with van der Waals surface area (Å²) in [5.74, 6) is -0.184. The number of sulfonamides is 1. The molecule has 0 bridgehead atoms. The highest BCUT2D eigenvalue weighted by Crippen LogP contribution is 2.27. The number of halogens is 1. The Morgan fingerprint density at radius 2 is 1.83 bits per heavy atom. The van der Waals surface area contributed by atoms with Gasteiger partial charge >= 0.3 is 0 Å². The van der Waals surface area contributed by atoms with Crippen molar-refractivity contribution in [2.24, 2.45) is 0 Å². The number of amides is 1. The fourth-order valence-electron chi connectivity index (χ4n) is 2.90. The molecule has 1 aliphatic rings. The third-order valence-corrected chi connectivity index (χ3v) is 8.22. The molecular formula is C20H23BrN2O4S2. The Morgan fingerprint density at radius 3 is 2.48 bits per heavy atom. The molecule has 2 aromatic carbocycles. The predicted octanol–water partition coefficient (Wildman–Crippen LogP) is 3.90. The SMILES string of the molecule is Cc1ccc(NC(=O)[C@H](C)Sc2ccc(Br)cc2)cc1S(=O)(=O)N1CCOCC1. The number of carbonyl (C=O) groups is 1. The van der Waals surface area contributed by atoms with Gasteiger partial charge in [-0.3, -0.25) is 4.79 Å². The normalized spacial score (nSPS) is 16.4. The van der Waals surface area contributed by atoms with E-state index in [1.807, 2.05) is 31.2 Å². The number of ether oxygens (including phenoxy) is 1. The van der Waals surface area contributed by atoms with Crippen molar-refractivity contribution in [3.05, 3.63) is 52.5 Å². The van der Waals surface area contributed by atoms with Gasteiger partial charge in [0.05, 0.1) is 23.4 Å². The van der Waals surface area contributed by atoms with Crippen LogP contribution in [-0.2, 0) is 19.6 Å². The van der Waals surface area contributed by atoms with Gasteiger partial charge in [0.25, 0.3) is 0 Å². The molecule has 6 nitrogen and oxygen atoms in total. The summed E-state index contributed by atoms with van der Waals surface area (Å²) in [5, 5.41) is 2.50. The molecule has 1 aliphatic heterocycles. The number of nitrogens with zero attached hydrogens (tertiary/aromatic N) is 1. The average molecular weight is 499 g/mol. The van der Waals surface area contributed by atoms with Crippen LogP contribution in [0.1, 0.15) is 12.5 Å². The summed E-state index contributed by atoms with van der Waals surface area (Å²) in [6, 6.07) is 12.7. The topological polar surface area (TPSA) is 75.7 Å². The van der Waals surface area contributed by atoms with Crippen LogP contribution in [-0.4, -0.2) is 50.2 Å². The number of carbonyl (C=O) groups excluding carboxylic acids is 1. The van der Waals surface area contributed by atoms with Crippen LogP contribution in [0.5, 0.6) is 0 Å². The maximum atomic E-state index is 13.0. The van der Waals surface area contributed by atoms with Crippen molar-refractivity contribution < 1.29 is 17.9 Å². The summed E-state index contributed by atoms with van der Waals surface area (Å²) in [7, 11) is -3.63. The molecule has 0 radical (unpaired) electrons. The zero-order valence-electron chi connectivity index (χ0n) is 16.2. The largest absolute Gasteiger partial charge is 0.379 e. The highest BCUT2D eigenvalue weighted by atomic mass is 79.9. The van der Waals surface area contributed by atoms with E-state index >= 15 is 0 Å². The first-order chi connectivity index (χ1) is 13.8. The third-order valence-electron chi connectivity index (χ3n) is 4.54. The van der Waals surface area contributed by atoms with Crippen molar-refractivity contribution in [1.29, 1.82) is 0 Å². The lowest BCUT2D eigenvalue weighted by molar-refractivity contribution is -0.115. The van der Waals surface area contributed by atoms with Crippen molar-refractivity contribution in [3.8, 4) is 0 Å². The van der Waals surface area contributed by atoms with Gasteiger partial charge in [-0.1, -0.05) is 22.0 Å². The number of nitrogens with one attached hydrogen (secondary N) is 1. The van der Waals surface area contributed by atoms with E-state index in [1.165, 1.54) is 22.1 Å². The Kier molecular flexibility index (Phi) is 7.39. The Hall–Kier alpha value is -1.39. The van der Waals surface area contributed by atoms with E-state index in [0.717, 1.165) is 9.37 Å². The first kappa shape index (κ1) is 22.3. The second-order valence-corrected chi connectivity index (χ2v) is 10.9. The van der Waals surface area contributed by atoms with E-state index in [0.29, 0.717) is 37.6 Å². The molecule has 3 rings (SSSR count). The summed E-state index contributed by atoms with van der Waals surface area (Å²) in [6.45, 7) is 5.02. The zero-order chi connectivity index (χ0) is 21.0. The fourth-order valence-corrected chi connectivity index (χ4v) is 5.69. The van der Waals surface area contributed by atoms with Crippen molar-refractivity contribution >= 4 is 49.3 Å². The zero-order valence-corrected chi connectivity index (χ0v) is 19.4. The minimum absolute atomic E-state index is 0.184. The Balaban J connectivity index is 1.73. The summed E-state index contributed by atoms with van der Waals surface area (Å²) in [4.78, 5) is 13.8. The number of benzene rings is 2. The lowest BCUT2D eigenvalue weighted by Crippen LogP contribution is -2.40. The first-order valence-electron chi connectivity index (χ1n) is 9.19. The minimum atomic E-state index is -3.63. The van der Waals surface area contributed by atoms with Crippen LogP contribution in [0.3, 0.4) is 0 Å². The van der Waals surface area contributed by atoms with Gasteiger partial charge < -0.3 is 10.1 Å². The number of hydrogen-bond donors (Lipinski definition) is 1. The Morgan fingerprint density at radius 1 is 1.17 bits per heavy atom. The van der Waals surface area contributed by atoms with E-state index in [1.54, 1.807) is 19.1 Å². The van der Waals surface area contributed by atoms with Gasteiger partial charge in [-0.25, -0.2) is 8.42 Å². The van der Waals surface area contributed by atoms with Crippen LogP contribution in [0.4, 0.5) is 5.69 Å². The van der Waals surface area contributed by atoms with E-state index < -0.39 is 10.0 Å². The van der Waals surface area contributed by atoms with Crippen LogP contribution in [0.25, 0.3) is 0 Å². The van der Waals surface area contributed by atoms with Crippen molar-refractivity contribution in [2.75, 3.05) is 31.6 Å². The number of aryl methyl sites for hydroxylation is 1. The molecule has 1 N–H and O–H groups in total. The quantitative estimate of drug-likeness (QED) is 0.611. The molecule has 1 fully saturated rings. The first-order valence-corrected chi connectivity index (χ1v) is 12.3. The van der Waals surface area contributed by atoms with Gasteiger partial charge in [-0.15, -0.1) is 11.8 Å². The maximum Gasteiger partial charge on any atom is 0.243 e. The Bertz CT molecular complexity index is 974. The van der Waals surface area contributed by atoms with Crippen LogP contribution in [0.2, 0.25) is 0 Å². The third kappa shape index (κ3) is 5.61. The molecule has 29 heavy (non-hydrogen) atoms. The van der Waals surface area contributed by atoms with Gasteiger partial charge in [0.1, 0.15) is 0 Å². The Labute approximate surface area is 184 Å². The standard InChI is InChI=1S/C20H23BrN2O4S2/c1-14-3-6-17(13-19(14)29(25,26)23-9-11-27-12-10-23)22-20(24)15(2)28-18-7-4-16(21)5-8-18/h3-8,13,15H,9-12H2,1-2H3,(H,22,24)/t15-/m0/s1. The highest BCUT2D eigenvalue weighted by molar-refractivity contribution is 9.10. The van der Waals surface area contributed by atoms with Crippen LogP contribution in [0, 0.1) is 6.92 Å². The second-order valence-electron chi connectivity index (χ2n) is 6.70. The number of rotatable bonds is 6. The number of morpholine rings is 1. The highest BCUT2D eigenvalue weighted by Gasteiger charge is 2.28. The summed E-state index contributed by atoms with van der Waals surface area (Å²) in [5.41, 5.74) is 1.11. The van der Waals surface area contributed by atoms with E-state index in [4.69, 9.17) is 4.74 Å². The lowest BCUT2D eigenvalue weighted by Gasteiger charge is -2.27. The van der Waals surface area contributed by atoms with Crippen molar-refractivity contribution in [3.63, 3.8) is 0 Å². The molecular weight excluding hydrogens is 476 g/mol. The summed E-state index contributed by atoms with van der Waals surface area (Å²) in [6.07, 6.45) is 0. The molecule has 0 unspecified atom stereocenters. The van der Waals surface area contributed by atoms with Crippen LogP contribution < -0.4 is 5.32 Å². The average Bonchev–Trinajstić information content (AvgIpc) is 2.71. The monoisotopic (exact) mass is 498 g/mol. The van der Waals surface area contributed by atoms with Crippen molar-refractivity contribution in [1.82, 2.24) is 4.31 Å². The number of hydrogen-bond acceptors (Lipinski definition) is 5. The molecule has 0 spiro atoms. The van der Waals surface area contributed by atoms with Gasteiger partial charge in [0.15, 0.2) is 0 Å². The lowest BCUT2D eigenvalue weighted by atomic mass is 10.2.